The molecule has 0 N–H and O–H groups in total. The number of thioether (sulfide) groups is 1. The maximum Gasteiger partial charge on any atom is 0.234 e. The first kappa shape index (κ1) is 15.1. The summed E-state index contributed by atoms with van der Waals surface area (Å²) in [6.45, 7) is 8.29. The van der Waals surface area contributed by atoms with E-state index in [4.69, 9.17) is 4.52 Å². The van der Waals surface area contributed by atoms with Crippen molar-refractivity contribution in [2.75, 3.05) is 17.2 Å². The van der Waals surface area contributed by atoms with Gasteiger partial charge in [-0.15, -0.1) is 0 Å². The van der Waals surface area contributed by atoms with Gasteiger partial charge in [0.1, 0.15) is 0 Å². The molecule has 0 radical (unpaired) electrons. The molecule has 0 bridgehead atoms. The van der Waals surface area contributed by atoms with Gasteiger partial charge in [-0.2, -0.15) is 0 Å². The van der Waals surface area contributed by atoms with Crippen molar-refractivity contribution in [2.24, 2.45) is 5.92 Å². The lowest BCUT2D eigenvalue weighted by molar-refractivity contribution is -0.117. The Morgan fingerprint density at radius 3 is 2.80 bits per heavy atom. The van der Waals surface area contributed by atoms with Crippen molar-refractivity contribution in [3.63, 3.8) is 0 Å². The number of anilines is 1. The van der Waals surface area contributed by atoms with Crippen molar-refractivity contribution in [2.45, 2.75) is 39.5 Å². The van der Waals surface area contributed by atoms with Crippen LogP contribution in [-0.4, -0.2) is 28.5 Å². The zero-order valence-electron chi connectivity index (χ0n) is 12.3. The van der Waals surface area contributed by atoms with Crippen LogP contribution >= 0.6 is 11.8 Å². The summed E-state index contributed by atoms with van der Waals surface area (Å²) in [5.41, 5.74) is 0.732. The van der Waals surface area contributed by atoms with E-state index in [9.17, 15) is 9.59 Å². The minimum absolute atomic E-state index is 0.0377. The van der Waals surface area contributed by atoms with Crippen LogP contribution in [0.2, 0.25) is 0 Å². The molecule has 1 aromatic rings. The Hall–Kier alpha value is -1.30. The molecule has 1 atom stereocenters. The fraction of sp³-hybridized carbons (Fsp3) is 0.643. The number of carbonyl (C=O) groups excluding carboxylic acids is 2. The molecule has 5 nitrogen and oxygen atoms in total. The second-order valence-corrected chi connectivity index (χ2v) is 7.37. The predicted molar refractivity (Wildman–Crippen MR) is 78.8 cm³/mol. The van der Waals surface area contributed by atoms with Crippen LogP contribution in [0.4, 0.5) is 5.88 Å². The number of hydrogen-bond donors (Lipinski definition) is 0. The van der Waals surface area contributed by atoms with E-state index in [0.717, 1.165) is 5.69 Å². The van der Waals surface area contributed by atoms with Gasteiger partial charge in [0.05, 0.1) is 5.69 Å². The van der Waals surface area contributed by atoms with Gasteiger partial charge in [0.25, 0.3) is 0 Å². The van der Waals surface area contributed by atoms with Crippen molar-refractivity contribution in [3.05, 3.63) is 11.8 Å². The molecule has 1 unspecified atom stereocenters. The van der Waals surface area contributed by atoms with E-state index < -0.39 is 0 Å². The van der Waals surface area contributed by atoms with Crippen molar-refractivity contribution >= 4 is 28.7 Å². The standard InChI is InChI=1S/C14H20N2O3S/c1-9(17)20-8-10-5-12(18)16(7-10)13-6-11(15-19-13)14(2,3)4/h6,10H,5,7-8H2,1-4H3. The average molecular weight is 296 g/mol. The van der Waals surface area contributed by atoms with Gasteiger partial charge < -0.3 is 4.52 Å². The SMILES string of the molecule is CC(=O)SCC1CC(=O)N(c2cc(C(C)(C)C)no2)C1. The highest BCUT2D eigenvalue weighted by Crippen LogP contribution is 2.30. The Morgan fingerprint density at radius 2 is 2.25 bits per heavy atom. The summed E-state index contributed by atoms with van der Waals surface area (Å²) >= 11 is 1.27. The van der Waals surface area contributed by atoms with Crippen LogP contribution in [0.15, 0.2) is 10.6 Å². The van der Waals surface area contributed by atoms with E-state index in [0.29, 0.717) is 24.6 Å². The summed E-state index contributed by atoms with van der Waals surface area (Å²) in [5.74, 6) is 1.42. The first-order valence-corrected chi connectivity index (χ1v) is 7.67. The number of rotatable bonds is 3. The molecule has 0 aliphatic carbocycles. The lowest BCUT2D eigenvalue weighted by atomic mass is 9.92. The van der Waals surface area contributed by atoms with E-state index in [1.165, 1.54) is 11.8 Å². The summed E-state index contributed by atoms with van der Waals surface area (Å²) in [4.78, 5) is 24.6. The molecule has 0 saturated carbocycles. The van der Waals surface area contributed by atoms with E-state index in [-0.39, 0.29) is 22.4 Å². The minimum Gasteiger partial charge on any atom is -0.338 e. The van der Waals surface area contributed by atoms with Crippen molar-refractivity contribution in [1.29, 1.82) is 0 Å². The maximum atomic E-state index is 12.0. The molecule has 110 valence electrons. The first-order chi connectivity index (χ1) is 9.27. The number of amides is 1. The summed E-state index contributed by atoms with van der Waals surface area (Å²) in [7, 11) is 0. The van der Waals surface area contributed by atoms with Gasteiger partial charge in [-0.3, -0.25) is 14.5 Å². The second kappa shape index (κ2) is 5.60. The zero-order valence-corrected chi connectivity index (χ0v) is 13.1. The monoisotopic (exact) mass is 296 g/mol. The molecular weight excluding hydrogens is 276 g/mol. The Morgan fingerprint density at radius 1 is 1.55 bits per heavy atom. The Kier molecular flexibility index (Phi) is 4.22. The third-order valence-electron chi connectivity index (χ3n) is 3.26. The third-order valence-corrected chi connectivity index (χ3v) is 4.30. The summed E-state index contributed by atoms with van der Waals surface area (Å²) in [5, 5.41) is 4.13. The molecule has 1 saturated heterocycles. The van der Waals surface area contributed by atoms with Crippen molar-refractivity contribution in [1.82, 2.24) is 5.16 Å². The highest BCUT2D eigenvalue weighted by atomic mass is 32.2. The average Bonchev–Trinajstić information content (AvgIpc) is 2.91. The summed E-state index contributed by atoms with van der Waals surface area (Å²) in [6.07, 6.45) is 0.464. The first-order valence-electron chi connectivity index (χ1n) is 6.68. The second-order valence-electron chi connectivity index (χ2n) is 6.18. The number of aromatic nitrogens is 1. The van der Waals surface area contributed by atoms with Crippen LogP contribution in [0.1, 0.15) is 39.8 Å². The van der Waals surface area contributed by atoms with Gasteiger partial charge in [0.15, 0.2) is 5.12 Å². The van der Waals surface area contributed by atoms with Gasteiger partial charge in [-0.25, -0.2) is 0 Å². The molecule has 0 spiro atoms. The van der Waals surface area contributed by atoms with Gasteiger partial charge in [-0.05, 0) is 5.92 Å². The zero-order chi connectivity index (χ0) is 14.9. The molecule has 1 aromatic heterocycles. The molecule has 20 heavy (non-hydrogen) atoms. The highest BCUT2D eigenvalue weighted by Gasteiger charge is 2.33. The Labute approximate surface area is 123 Å². The van der Waals surface area contributed by atoms with Crippen LogP contribution in [0, 0.1) is 5.92 Å². The van der Waals surface area contributed by atoms with Crippen LogP contribution in [-0.2, 0) is 15.0 Å². The minimum atomic E-state index is -0.103. The summed E-state index contributed by atoms with van der Waals surface area (Å²) < 4.78 is 5.30. The van der Waals surface area contributed by atoms with Crippen molar-refractivity contribution < 1.29 is 14.1 Å². The molecule has 1 fully saturated rings. The molecule has 1 aliphatic heterocycles. The predicted octanol–water partition coefficient (Wildman–Crippen LogP) is 2.60. The number of nitrogens with zero attached hydrogens (tertiary/aromatic N) is 2. The topological polar surface area (TPSA) is 63.4 Å². The van der Waals surface area contributed by atoms with E-state index in [1.807, 2.05) is 26.8 Å². The Bertz CT molecular complexity index is 519. The van der Waals surface area contributed by atoms with Crippen LogP contribution in [0.3, 0.4) is 0 Å². The van der Waals surface area contributed by atoms with Gasteiger partial charge in [-0.1, -0.05) is 37.7 Å². The van der Waals surface area contributed by atoms with Crippen LogP contribution in [0.25, 0.3) is 0 Å². The summed E-state index contributed by atoms with van der Waals surface area (Å²) in [6, 6.07) is 1.83. The third kappa shape index (κ3) is 3.42. The maximum absolute atomic E-state index is 12.0. The lowest BCUT2D eigenvalue weighted by Crippen LogP contribution is -2.24. The number of carbonyl (C=O) groups is 2. The molecule has 0 aromatic carbocycles. The van der Waals surface area contributed by atoms with Crippen molar-refractivity contribution in [3.8, 4) is 0 Å². The largest absolute Gasteiger partial charge is 0.338 e. The number of hydrogen-bond acceptors (Lipinski definition) is 5. The molecule has 2 rings (SSSR count). The van der Waals surface area contributed by atoms with E-state index in [2.05, 4.69) is 5.16 Å². The smallest absolute Gasteiger partial charge is 0.234 e. The molecular formula is C14H20N2O3S. The normalized spacial score (nSPS) is 19.7. The van der Waals surface area contributed by atoms with Crippen LogP contribution in [0.5, 0.6) is 0 Å². The molecule has 1 aliphatic rings. The molecule has 2 heterocycles. The highest BCUT2D eigenvalue weighted by molar-refractivity contribution is 8.13. The van der Waals surface area contributed by atoms with Gasteiger partial charge in [0, 0.05) is 37.1 Å². The Balaban J connectivity index is 2.04. The van der Waals surface area contributed by atoms with E-state index in [1.54, 1.807) is 11.8 Å². The molecule has 1 amide bonds. The fourth-order valence-electron chi connectivity index (χ4n) is 2.09. The lowest BCUT2D eigenvalue weighted by Gasteiger charge is -2.13. The fourth-order valence-corrected chi connectivity index (χ4v) is 2.78. The molecule has 6 heteroatoms. The quantitative estimate of drug-likeness (QED) is 0.858. The van der Waals surface area contributed by atoms with E-state index >= 15 is 0 Å². The van der Waals surface area contributed by atoms with Gasteiger partial charge >= 0.3 is 0 Å². The van der Waals surface area contributed by atoms with Gasteiger partial charge in [0.2, 0.25) is 11.8 Å². The van der Waals surface area contributed by atoms with Crippen LogP contribution < -0.4 is 4.90 Å².